The van der Waals surface area contributed by atoms with Crippen LogP contribution < -0.4 is 9.13 Å². The van der Waals surface area contributed by atoms with E-state index in [2.05, 4.69) is 30.8 Å². The van der Waals surface area contributed by atoms with Crippen LogP contribution in [0, 0.1) is 0 Å². The Kier molecular flexibility index (Phi) is 2.59. The highest BCUT2D eigenvalue weighted by atomic mass is 14.9. The summed E-state index contributed by atoms with van der Waals surface area (Å²) in [6, 6.07) is 8.37. The van der Waals surface area contributed by atoms with E-state index in [1.165, 1.54) is 11.1 Å². The number of nitrogens with zero attached hydrogens (tertiary/aromatic N) is 2. The number of aromatic nitrogens is 2. The topological polar surface area (TPSA) is 7.76 Å². The fourth-order valence-corrected chi connectivity index (χ4v) is 1.45. The van der Waals surface area contributed by atoms with Gasteiger partial charge in [-0.15, -0.1) is 0 Å². The third-order valence-corrected chi connectivity index (χ3v) is 2.38. The monoisotopic (exact) mass is 198 g/mol. The Morgan fingerprint density at radius 2 is 1.40 bits per heavy atom. The van der Waals surface area contributed by atoms with Crippen LogP contribution >= 0.6 is 0 Å². The SMILES string of the molecule is C=C[n+]1ccc(-c2cc[n+](C)cc2)cc1. The van der Waals surface area contributed by atoms with Crippen molar-refractivity contribution in [2.45, 2.75) is 0 Å². The van der Waals surface area contributed by atoms with Gasteiger partial charge in [-0.2, -0.15) is 4.57 Å². The Morgan fingerprint density at radius 3 is 1.87 bits per heavy atom. The van der Waals surface area contributed by atoms with Crippen LogP contribution in [0.15, 0.2) is 55.6 Å². The van der Waals surface area contributed by atoms with E-state index in [9.17, 15) is 0 Å². The van der Waals surface area contributed by atoms with Crippen LogP contribution in [0.3, 0.4) is 0 Å². The van der Waals surface area contributed by atoms with Crippen molar-refractivity contribution in [2.75, 3.05) is 0 Å². The molecule has 0 bridgehead atoms. The zero-order valence-electron chi connectivity index (χ0n) is 8.80. The van der Waals surface area contributed by atoms with Crippen LogP contribution in [0.4, 0.5) is 0 Å². The molecule has 0 fully saturated rings. The van der Waals surface area contributed by atoms with Crippen molar-refractivity contribution in [3.8, 4) is 11.1 Å². The first-order chi connectivity index (χ1) is 7.29. The lowest BCUT2D eigenvalue weighted by molar-refractivity contribution is -0.671. The Labute approximate surface area is 89.8 Å². The molecule has 15 heavy (non-hydrogen) atoms. The molecule has 0 N–H and O–H groups in total. The van der Waals surface area contributed by atoms with Crippen LogP contribution in [0.2, 0.25) is 0 Å². The summed E-state index contributed by atoms with van der Waals surface area (Å²) in [6.07, 6.45) is 9.85. The van der Waals surface area contributed by atoms with Gasteiger partial charge in [0.15, 0.2) is 31.0 Å². The second-order valence-electron chi connectivity index (χ2n) is 3.47. The second-order valence-corrected chi connectivity index (χ2v) is 3.47. The fraction of sp³-hybridized carbons (Fsp3) is 0.0769. The summed E-state index contributed by atoms with van der Waals surface area (Å²) in [6.45, 7) is 3.70. The van der Waals surface area contributed by atoms with Crippen molar-refractivity contribution in [2.24, 2.45) is 7.05 Å². The third-order valence-electron chi connectivity index (χ3n) is 2.38. The minimum atomic E-state index is 1.22. The van der Waals surface area contributed by atoms with Crippen molar-refractivity contribution in [3.63, 3.8) is 0 Å². The van der Waals surface area contributed by atoms with Crippen molar-refractivity contribution in [1.82, 2.24) is 0 Å². The summed E-state index contributed by atoms with van der Waals surface area (Å²) in [5.74, 6) is 0. The maximum Gasteiger partial charge on any atom is 0.175 e. The summed E-state index contributed by atoms with van der Waals surface area (Å²) >= 11 is 0. The standard InChI is InChI=1S/C13H14N2/c1-3-15-10-6-13(7-11-15)12-4-8-14(2)9-5-12/h3-11H,1H2,2H3/q+2. The molecule has 0 aliphatic carbocycles. The van der Waals surface area contributed by atoms with E-state index in [4.69, 9.17) is 0 Å². The van der Waals surface area contributed by atoms with E-state index in [-0.39, 0.29) is 0 Å². The molecule has 0 aliphatic heterocycles. The van der Waals surface area contributed by atoms with Gasteiger partial charge in [-0.1, -0.05) is 0 Å². The predicted octanol–water partition coefficient (Wildman–Crippen LogP) is 1.57. The second kappa shape index (κ2) is 4.05. The van der Waals surface area contributed by atoms with Crippen molar-refractivity contribution in [3.05, 3.63) is 55.6 Å². The number of rotatable bonds is 2. The summed E-state index contributed by atoms with van der Waals surface area (Å²) in [4.78, 5) is 0. The first kappa shape index (κ1) is 9.59. The molecule has 2 heteroatoms. The summed E-state index contributed by atoms with van der Waals surface area (Å²) in [7, 11) is 2.01. The fourth-order valence-electron chi connectivity index (χ4n) is 1.45. The lowest BCUT2D eigenvalue weighted by Crippen LogP contribution is -2.25. The average Bonchev–Trinajstić information content (AvgIpc) is 2.30. The van der Waals surface area contributed by atoms with E-state index in [1.807, 2.05) is 41.0 Å². The van der Waals surface area contributed by atoms with Crippen molar-refractivity contribution < 1.29 is 9.13 Å². The number of pyridine rings is 2. The maximum atomic E-state index is 3.70. The van der Waals surface area contributed by atoms with Gasteiger partial charge in [-0.05, 0) is 17.7 Å². The Balaban J connectivity index is 2.37. The molecule has 0 saturated heterocycles. The molecular formula is C13H14N2+2. The number of hydrogen-bond acceptors (Lipinski definition) is 0. The lowest BCUT2D eigenvalue weighted by atomic mass is 10.1. The van der Waals surface area contributed by atoms with Gasteiger partial charge in [0, 0.05) is 24.3 Å². The molecular weight excluding hydrogens is 184 g/mol. The smallest absolute Gasteiger partial charge is 0.175 e. The Bertz CT molecular complexity index is 455. The molecule has 0 atom stereocenters. The predicted molar refractivity (Wildman–Crippen MR) is 59.6 cm³/mol. The molecule has 0 saturated carbocycles. The minimum absolute atomic E-state index is 1.22. The molecule has 2 heterocycles. The molecule has 2 nitrogen and oxygen atoms in total. The molecule has 2 aromatic rings. The van der Waals surface area contributed by atoms with Gasteiger partial charge < -0.3 is 0 Å². The largest absolute Gasteiger partial charge is 0.208 e. The van der Waals surface area contributed by atoms with Crippen LogP contribution in [0.25, 0.3) is 17.3 Å². The molecule has 0 amide bonds. The van der Waals surface area contributed by atoms with Crippen molar-refractivity contribution >= 4 is 6.20 Å². The van der Waals surface area contributed by atoms with Crippen LogP contribution in [0.5, 0.6) is 0 Å². The van der Waals surface area contributed by atoms with Crippen molar-refractivity contribution in [1.29, 1.82) is 0 Å². The van der Waals surface area contributed by atoms with Gasteiger partial charge in [0.05, 0.1) is 0 Å². The van der Waals surface area contributed by atoms with E-state index < -0.39 is 0 Å². The van der Waals surface area contributed by atoms with E-state index >= 15 is 0 Å². The molecule has 2 rings (SSSR count). The molecule has 0 radical (unpaired) electrons. The minimum Gasteiger partial charge on any atom is -0.208 e. The normalized spacial score (nSPS) is 9.93. The summed E-state index contributed by atoms with van der Waals surface area (Å²) < 4.78 is 3.95. The zero-order chi connectivity index (χ0) is 10.7. The first-order valence-corrected chi connectivity index (χ1v) is 4.88. The molecule has 0 spiro atoms. The van der Waals surface area contributed by atoms with Gasteiger partial charge in [-0.25, -0.2) is 4.57 Å². The molecule has 2 aromatic heterocycles. The lowest BCUT2D eigenvalue weighted by Gasteiger charge is -1.97. The molecule has 74 valence electrons. The van der Waals surface area contributed by atoms with Crippen LogP contribution in [-0.2, 0) is 7.05 Å². The quantitative estimate of drug-likeness (QED) is 0.647. The highest BCUT2D eigenvalue weighted by Gasteiger charge is 2.01. The Hall–Kier alpha value is -1.96. The highest BCUT2D eigenvalue weighted by Crippen LogP contribution is 2.15. The number of hydrogen-bond donors (Lipinski definition) is 0. The van der Waals surface area contributed by atoms with Gasteiger partial charge in [0.25, 0.3) is 0 Å². The third kappa shape index (κ3) is 2.10. The van der Waals surface area contributed by atoms with Crippen LogP contribution in [-0.4, -0.2) is 0 Å². The highest BCUT2D eigenvalue weighted by molar-refractivity contribution is 5.60. The first-order valence-electron chi connectivity index (χ1n) is 4.88. The average molecular weight is 198 g/mol. The molecule has 0 aliphatic rings. The van der Waals surface area contributed by atoms with Gasteiger partial charge in [-0.3, -0.25) is 0 Å². The summed E-state index contributed by atoms with van der Waals surface area (Å²) in [5, 5.41) is 0. The van der Waals surface area contributed by atoms with E-state index in [0.717, 1.165) is 0 Å². The number of aryl methyl sites for hydroxylation is 1. The Morgan fingerprint density at radius 1 is 0.933 bits per heavy atom. The molecule has 0 aromatic carbocycles. The van der Waals surface area contributed by atoms with Crippen LogP contribution in [0.1, 0.15) is 0 Å². The van der Waals surface area contributed by atoms with Gasteiger partial charge in [0.1, 0.15) is 7.05 Å². The maximum absolute atomic E-state index is 3.70. The van der Waals surface area contributed by atoms with E-state index in [0.29, 0.717) is 0 Å². The molecule has 0 unspecified atom stereocenters. The zero-order valence-corrected chi connectivity index (χ0v) is 8.80. The van der Waals surface area contributed by atoms with Gasteiger partial charge in [0.2, 0.25) is 0 Å². The van der Waals surface area contributed by atoms with E-state index in [1.54, 1.807) is 6.20 Å². The van der Waals surface area contributed by atoms with Gasteiger partial charge >= 0.3 is 0 Å². The summed E-state index contributed by atoms with van der Waals surface area (Å²) in [5.41, 5.74) is 2.44.